The molecule has 90 valence electrons. The highest BCUT2D eigenvalue weighted by molar-refractivity contribution is 7.20. The number of hydrogen-bond acceptors (Lipinski definition) is 4. The molecule has 0 aliphatic carbocycles. The largest absolute Gasteiger partial charge is 0.464 e. The number of hydrogen-bond donors (Lipinski definition) is 0. The first-order valence-corrected chi connectivity index (χ1v) is 8.05. The van der Waals surface area contributed by atoms with E-state index in [9.17, 15) is 0 Å². The first-order chi connectivity index (χ1) is 8.88. The van der Waals surface area contributed by atoms with E-state index in [0.717, 1.165) is 10.6 Å². The molecular weight excluding hydrogens is 280 g/mol. The van der Waals surface area contributed by atoms with Crippen molar-refractivity contribution in [2.24, 2.45) is 0 Å². The van der Waals surface area contributed by atoms with Crippen LogP contribution in [0, 0.1) is 0 Å². The Balaban J connectivity index is 2.09. The molecule has 3 heterocycles. The molecule has 0 N–H and O–H groups in total. The summed E-state index contributed by atoms with van der Waals surface area (Å²) in [5.74, 6) is 0.884. The van der Waals surface area contributed by atoms with Crippen molar-refractivity contribution < 1.29 is 4.74 Å². The third kappa shape index (κ3) is 2.14. The van der Waals surface area contributed by atoms with Gasteiger partial charge in [-0.05, 0) is 33.7 Å². The van der Waals surface area contributed by atoms with Crippen molar-refractivity contribution in [2.45, 2.75) is 0 Å². The summed E-state index contributed by atoms with van der Waals surface area (Å²) in [6, 6.07) is 6.33. The summed E-state index contributed by atoms with van der Waals surface area (Å²) in [7, 11) is 0. The van der Waals surface area contributed by atoms with Gasteiger partial charge >= 0.3 is 0 Å². The highest BCUT2D eigenvalue weighted by Gasteiger charge is 2.13. The van der Waals surface area contributed by atoms with Gasteiger partial charge in [-0.25, -0.2) is 0 Å². The predicted octanol–water partition coefficient (Wildman–Crippen LogP) is 5.73. The Morgan fingerprint density at radius 3 is 2.39 bits per heavy atom. The second-order valence-electron chi connectivity index (χ2n) is 3.61. The molecule has 0 fully saturated rings. The van der Waals surface area contributed by atoms with E-state index in [1.54, 1.807) is 34.0 Å². The minimum atomic E-state index is 0.884. The molecule has 0 saturated heterocycles. The van der Waals surface area contributed by atoms with Crippen LogP contribution in [0.15, 0.2) is 52.6 Å². The van der Waals surface area contributed by atoms with E-state index in [-0.39, 0.29) is 0 Å². The van der Waals surface area contributed by atoms with Crippen molar-refractivity contribution in [1.29, 1.82) is 0 Å². The van der Waals surface area contributed by atoms with Crippen molar-refractivity contribution in [3.63, 3.8) is 0 Å². The minimum Gasteiger partial charge on any atom is -0.464 e. The normalized spacial score (nSPS) is 10.4. The number of thiophene rings is 3. The topological polar surface area (TPSA) is 9.23 Å². The van der Waals surface area contributed by atoms with Gasteiger partial charge in [0.2, 0.25) is 0 Å². The van der Waals surface area contributed by atoms with Gasteiger partial charge in [-0.2, -0.15) is 22.7 Å². The average Bonchev–Trinajstić information content (AvgIpc) is 3.11. The number of rotatable bonds is 4. The lowest BCUT2D eigenvalue weighted by atomic mass is 10.2. The van der Waals surface area contributed by atoms with Crippen LogP contribution in [-0.4, -0.2) is 0 Å². The van der Waals surface area contributed by atoms with Crippen LogP contribution in [0.1, 0.15) is 0 Å². The molecule has 0 aliphatic heterocycles. The SMILES string of the molecule is C=COc1cc(-c2ccsc2)sc1-c1ccsc1. The lowest BCUT2D eigenvalue weighted by Gasteiger charge is -1.98. The van der Waals surface area contributed by atoms with Crippen molar-refractivity contribution in [3.05, 3.63) is 52.6 Å². The summed E-state index contributed by atoms with van der Waals surface area (Å²) >= 11 is 5.16. The molecule has 0 amide bonds. The Hall–Kier alpha value is -1.36. The fourth-order valence-corrected chi connectivity index (χ4v) is 4.23. The molecule has 0 bridgehead atoms. The molecule has 3 aromatic heterocycles. The molecule has 0 unspecified atom stereocenters. The maximum atomic E-state index is 5.52. The molecule has 0 saturated carbocycles. The highest BCUT2D eigenvalue weighted by Crippen LogP contribution is 2.43. The molecular formula is C14H10OS3. The Morgan fingerprint density at radius 2 is 1.78 bits per heavy atom. The second kappa shape index (κ2) is 5.10. The molecule has 0 aromatic carbocycles. The maximum Gasteiger partial charge on any atom is 0.145 e. The zero-order valence-electron chi connectivity index (χ0n) is 9.46. The van der Waals surface area contributed by atoms with Crippen molar-refractivity contribution in [2.75, 3.05) is 0 Å². The van der Waals surface area contributed by atoms with E-state index in [1.165, 1.54) is 22.3 Å². The molecule has 3 aromatic rings. The smallest absolute Gasteiger partial charge is 0.145 e. The summed E-state index contributed by atoms with van der Waals surface area (Å²) in [6.07, 6.45) is 1.48. The van der Waals surface area contributed by atoms with E-state index >= 15 is 0 Å². The first-order valence-electron chi connectivity index (χ1n) is 5.35. The van der Waals surface area contributed by atoms with Crippen LogP contribution in [0.5, 0.6) is 5.75 Å². The molecule has 0 aliphatic rings. The van der Waals surface area contributed by atoms with Gasteiger partial charge in [-0.3, -0.25) is 0 Å². The van der Waals surface area contributed by atoms with Gasteiger partial charge in [0.25, 0.3) is 0 Å². The lowest BCUT2D eigenvalue weighted by molar-refractivity contribution is 0.487. The third-order valence-electron chi connectivity index (χ3n) is 2.50. The summed E-state index contributed by atoms with van der Waals surface area (Å²) in [4.78, 5) is 2.40. The quantitative estimate of drug-likeness (QED) is 0.558. The standard InChI is InChI=1S/C14H10OS3/c1-2-15-12-7-13(10-3-5-16-8-10)18-14(12)11-4-6-17-9-11/h2-9H,1H2. The van der Waals surface area contributed by atoms with Crippen LogP contribution in [0.25, 0.3) is 20.9 Å². The summed E-state index contributed by atoms with van der Waals surface area (Å²) in [6.45, 7) is 3.64. The second-order valence-corrected chi connectivity index (χ2v) is 6.22. The summed E-state index contributed by atoms with van der Waals surface area (Å²) < 4.78 is 5.52. The highest BCUT2D eigenvalue weighted by atomic mass is 32.1. The van der Waals surface area contributed by atoms with Crippen LogP contribution < -0.4 is 4.74 Å². The van der Waals surface area contributed by atoms with E-state index in [4.69, 9.17) is 4.74 Å². The molecule has 0 atom stereocenters. The van der Waals surface area contributed by atoms with E-state index < -0.39 is 0 Å². The molecule has 3 rings (SSSR count). The molecule has 0 spiro atoms. The average molecular weight is 290 g/mol. The van der Waals surface area contributed by atoms with Gasteiger partial charge in [0, 0.05) is 22.1 Å². The predicted molar refractivity (Wildman–Crippen MR) is 81.8 cm³/mol. The first kappa shape index (κ1) is 11.7. The minimum absolute atomic E-state index is 0.884. The van der Waals surface area contributed by atoms with Crippen molar-refractivity contribution in [1.82, 2.24) is 0 Å². The van der Waals surface area contributed by atoms with Crippen LogP contribution in [-0.2, 0) is 0 Å². The zero-order chi connectivity index (χ0) is 12.4. The summed E-state index contributed by atoms with van der Waals surface area (Å²) in [5, 5.41) is 8.46. The zero-order valence-corrected chi connectivity index (χ0v) is 11.9. The lowest BCUT2D eigenvalue weighted by Crippen LogP contribution is -1.78. The Morgan fingerprint density at radius 1 is 1.06 bits per heavy atom. The van der Waals surface area contributed by atoms with E-state index in [0.29, 0.717) is 0 Å². The van der Waals surface area contributed by atoms with Gasteiger partial charge in [-0.15, -0.1) is 11.3 Å². The van der Waals surface area contributed by atoms with Gasteiger partial charge in [0.05, 0.1) is 11.1 Å². The van der Waals surface area contributed by atoms with Gasteiger partial charge in [0.15, 0.2) is 0 Å². The van der Waals surface area contributed by atoms with Crippen LogP contribution in [0.2, 0.25) is 0 Å². The maximum absolute atomic E-state index is 5.52. The molecule has 18 heavy (non-hydrogen) atoms. The third-order valence-corrected chi connectivity index (χ3v) is 5.08. The van der Waals surface area contributed by atoms with Crippen LogP contribution in [0.3, 0.4) is 0 Å². The molecule has 1 nitrogen and oxygen atoms in total. The van der Waals surface area contributed by atoms with Crippen molar-refractivity contribution in [3.8, 4) is 26.6 Å². The van der Waals surface area contributed by atoms with Crippen LogP contribution in [0.4, 0.5) is 0 Å². The van der Waals surface area contributed by atoms with Crippen LogP contribution >= 0.6 is 34.0 Å². The molecule has 4 heteroatoms. The Kier molecular flexibility index (Phi) is 3.32. The van der Waals surface area contributed by atoms with E-state index in [1.807, 2.05) is 0 Å². The van der Waals surface area contributed by atoms with Crippen molar-refractivity contribution >= 4 is 34.0 Å². The monoisotopic (exact) mass is 290 g/mol. The van der Waals surface area contributed by atoms with Gasteiger partial charge in [-0.1, -0.05) is 6.58 Å². The van der Waals surface area contributed by atoms with E-state index in [2.05, 4.69) is 46.3 Å². The fraction of sp³-hybridized carbons (Fsp3) is 0. The fourth-order valence-electron chi connectivity index (χ4n) is 1.69. The Labute approximate surface area is 118 Å². The summed E-state index contributed by atoms with van der Waals surface area (Å²) in [5.41, 5.74) is 2.46. The Bertz CT molecular complexity index is 633. The molecule has 0 radical (unpaired) electrons. The number of ether oxygens (including phenoxy) is 1. The van der Waals surface area contributed by atoms with Gasteiger partial charge < -0.3 is 4.74 Å². The van der Waals surface area contributed by atoms with Gasteiger partial charge in [0.1, 0.15) is 5.75 Å².